The zero-order valence-electron chi connectivity index (χ0n) is 6.00. The van der Waals surface area contributed by atoms with Gasteiger partial charge in [0.2, 0.25) is 4.38 Å². The predicted octanol–water partition coefficient (Wildman–Crippen LogP) is 2.36. The highest BCUT2D eigenvalue weighted by molar-refractivity contribution is 8.22. The average molecular weight is 196 g/mol. The van der Waals surface area contributed by atoms with Gasteiger partial charge < -0.3 is 4.74 Å². The summed E-state index contributed by atoms with van der Waals surface area (Å²) in [6, 6.07) is 0. The Labute approximate surface area is 77.3 Å². The Balaban J connectivity index is 3.05. The molecule has 0 unspecified atom stereocenters. The highest BCUT2D eigenvalue weighted by atomic mass is 32.2. The minimum absolute atomic E-state index is 0.657. The highest BCUT2D eigenvalue weighted by Crippen LogP contribution is 2.07. The standard InChI is InChI=1S/C6H12OS3/c1-2-7-6(9)10-5-3-4-8/h8H,2-5H2,1H3. The maximum Gasteiger partial charge on any atom is 0.219 e. The van der Waals surface area contributed by atoms with Gasteiger partial charge in [-0.15, -0.1) is 0 Å². The topological polar surface area (TPSA) is 9.23 Å². The maximum atomic E-state index is 5.06. The molecule has 0 heterocycles. The lowest BCUT2D eigenvalue weighted by atomic mass is 10.6. The van der Waals surface area contributed by atoms with Crippen molar-refractivity contribution in [3.8, 4) is 0 Å². The van der Waals surface area contributed by atoms with Gasteiger partial charge in [-0.3, -0.25) is 0 Å². The second-order valence-electron chi connectivity index (χ2n) is 1.61. The first-order chi connectivity index (χ1) is 4.81. The van der Waals surface area contributed by atoms with Crippen molar-refractivity contribution in [1.29, 1.82) is 0 Å². The molecule has 0 atom stereocenters. The van der Waals surface area contributed by atoms with E-state index in [4.69, 9.17) is 17.0 Å². The third-order valence-electron chi connectivity index (χ3n) is 0.785. The molecule has 0 bridgehead atoms. The molecule has 0 saturated carbocycles. The van der Waals surface area contributed by atoms with E-state index in [1.54, 1.807) is 11.8 Å². The summed E-state index contributed by atoms with van der Waals surface area (Å²) in [7, 11) is 0. The van der Waals surface area contributed by atoms with E-state index < -0.39 is 0 Å². The first-order valence-corrected chi connectivity index (χ1v) is 5.24. The molecule has 0 saturated heterocycles. The van der Waals surface area contributed by atoms with Gasteiger partial charge in [0, 0.05) is 5.75 Å². The van der Waals surface area contributed by atoms with Gasteiger partial charge >= 0.3 is 0 Å². The van der Waals surface area contributed by atoms with Crippen molar-refractivity contribution in [1.82, 2.24) is 0 Å². The third-order valence-corrected chi connectivity index (χ3v) is 2.42. The molecule has 0 aliphatic rings. The van der Waals surface area contributed by atoms with E-state index in [0.29, 0.717) is 11.0 Å². The van der Waals surface area contributed by atoms with Crippen LogP contribution in [0.25, 0.3) is 0 Å². The predicted molar refractivity (Wildman–Crippen MR) is 55.2 cm³/mol. The molecular formula is C6H12OS3. The van der Waals surface area contributed by atoms with E-state index in [9.17, 15) is 0 Å². The first-order valence-electron chi connectivity index (χ1n) is 3.21. The SMILES string of the molecule is CCOC(=S)SCCCS. The lowest BCUT2D eigenvalue weighted by molar-refractivity contribution is 0.346. The Hall–Kier alpha value is 0.590. The minimum Gasteiger partial charge on any atom is -0.479 e. The van der Waals surface area contributed by atoms with E-state index in [-0.39, 0.29) is 0 Å². The summed E-state index contributed by atoms with van der Waals surface area (Å²) in [5.41, 5.74) is 0. The van der Waals surface area contributed by atoms with Gasteiger partial charge in [0.05, 0.1) is 6.61 Å². The van der Waals surface area contributed by atoms with Gasteiger partial charge in [-0.25, -0.2) is 0 Å². The van der Waals surface area contributed by atoms with Crippen molar-refractivity contribution < 1.29 is 4.74 Å². The van der Waals surface area contributed by atoms with Gasteiger partial charge in [-0.05, 0) is 31.3 Å². The molecule has 0 amide bonds. The van der Waals surface area contributed by atoms with Gasteiger partial charge in [-0.2, -0.15) is 12.6 Å². The number of rotatable bonds is 4. The molecule has 0 spiro atoms. The normalized spacial score (nSPS) is 9.40. The molecule has 1 nitrogen and oxygen atoms in total. The number of thiol groups is 1. The molecule has 60 valence electrons. The molecule has 10 heavy (non-hydrogen) atoms. The summed E-state index contributed by atoms with van der Waals surface area (Å²) in [6.45, 7) is 2.61. The van der Waals surface area contributed by atoms with Crippen molar-refractivity contribution in [3.63, 3.8) is 0 Å². The summed E-state index contributed by atoms with van der Waals surface area (Å²) >= 11 is 10.5. The van der Waals surface area contributed by atoms with Gasteiger partial charge in [0.1, 0.15) is 0 Å². The van der Waals surface area contributed by atoms with Crippen molar-refractivity contribution >= 4 is 41.0 Å². The molecule has 0 aromatic rings. The van der Waals surface area contributed by atoms with Crippen LogP contribution in [0.1, 0.15) is 13.3 Å². The molecule has 0 aliphatic heterocycles. The number of hydrogen-bond donors (Lipinski definition) is 1. The zero-order chi connectivity index (χ0) is 7.82. The molecule has 0 fully saturated rings. The van der Waals surface area contributed by atoms with Crippen molar-refractivity contribution in [2.24, 2.45) is 0 Å². The van der Waals surface area contributed by atoms with Crippen molar-refractivity contribution in [3.05, 3.63) is 0 Å². The Bertz CT molecular complexity index is 95.0. The Kier molecular flexibility index (Phi) is 8.15. The smallest absolute Gasteiger partial charge is 0.219 e. The summed E-state index contributed by atoms with van der Waals surface area (Å²) in [5, 5.41) is 0. The molecule has 0 radical (unpaired) electrons. The molecule has 0 aromatic heterocycles. The fourth-order valence-electron chi connectivity index (χ4n) is 0.380. The maximum absolute atomic E-state index is 5.06. The van der Waals surface area contributed by atoms with Crippen LogP contribution in [0.3, 0.4) is 0 Å². The summed E-state index contributed by atoms with van der Waals surface area (Å²) in [5.74, 6) is 1.93. The van der Waals surface area contributed by atoms with E-state index in [2.05, 4.69) is 12.6 Å². The van der Waals surface area contributed by atoms with E-state index in [1.807, 2.05) is 6.92 Å². The Morgan fingerprint density at radius 1 is 1.70 bits per heavy atom. The van der Waals surface area contributed by atoms with Crippen LogP contribution in [-0.2, 0) is 4.74 Å². The van der Waals surface area contributed by atoms with Crippen LogP contribution >= 0.6 is 36.6 Å². The highest BCUT2D eigenvalue weighted by Gasteiger charge is 1.94. The van der Waals surface area contributed by atoms with Crippen LogP contribution in [0.2, 0.25) is 0 Å². The Morgan fingerprint density at radius 3 is 2.90 bits per heavy atom. The first kappa shape index (κ1) is 10.6. The average Bonchev–Trinajstić information content (AvgIpc) is 1.89. The third kappa shape index (κ3) is 6.71. The molecular weight excluding hydrogens is 184 g/mol. The van der Waals surface area contributed by atoms with Crippen LogP contribution in [0.15, 0.2) is 0 Å². The number of hydrogen-bond acceptors (Lipinski definition) is 4. The summed E-state index contributed by atoms with van der Waals surface area (Å²) in [6.07, 6.45) is 1.08. The van der Waals surface area contributed by atoms with Gasteiger partial charge in [-0.1, -0.05) is 11.8 Å². The van der Waals surface area contributed by atoms with E-state index in [0.717, 1.165) is 17.9 Å². The monoisotopic (exact) mass is 196 g/mol. The van der Waals surface area contributed by atoms with Crippen LogP contribution in [-0.4, -0.2) is 22.5 Å². The lowest BCUT2D eigenvalue weighted by Crippen LogP contribution is -1.97. The second-order valence-corrected chi connectivity index (χ2v) is 3.75. The Morgan fingerprint density at radius 2 is 2.40 bits per heavy atom. The summed E-state index contributed by atoms with van der Waals surface area (Å²) < 4.78 is 5.71. The molecule has 0 aliphatic carbocycles. The largest absolute Gasteiger partial charge is 0.479 e. The van der Waals surface area contributed by atoms with Gasteiger partial charge in [0.15, 0.2) is 0 Å². The molecule has 0 aromatic carbocycles. The van der Waals surface area contributed by atoms with Crippen LogP contribution < -0.4 is 0 Å². The number of ether oxygens (including phenoxy) is 1. The summed E-state index contributed by atoms with van der Waals surface area (Å²) in [4.78, 5) is 0. The quantitative estimate of drug-likeness (QED) is 0.420. The molecule has 4 heteroatoms. The van der Waals surface area contributed by atoms with Crippen LogP contribution in [0.4, 0.5) is 0 Å². The zero-order valence-corrected chi connectivity index (χ0v) is 8.53. The number of thiocarbonyl (C=S) groups is 1. The van der Waals surface area contributed by atoms with Crippen molar-refractivity contribution in [2.75, 3.05) is 18.1 Å². The molecule has 0 rings (SSSR count). The molecule has 0 N–H and O–H groups in total. The fourth-order valence-corrected chi connectivity index (χ4v) is 1.78. The fraction of sp³-hybridized carbons (Fsp3) is 0.833. The lowest BCUT2D eigenvalue weighted by Gasteiger charge is -2.01. The van der Waals surface area contributed by atoms with E-state index >= 15 is 0 Å². The number of thioether (sulfide) groups is 1. The minimum atomic E-state index is 0.657. The van der Waals surface area contributed by atoms with Crippen LogP contribution in [0.5, 0.6) is 0 Å². The van der Waals surface area contributed by atoms with Crippen molar-refractivity contribution in [2.45, 2.75) is 13.3 Å². The van der Waals surface area contributed by atoms with Gasteiger partial charge in [0.25, 0.3) is 0 Å². The van der Waals surface area contributed by atoms with Crippen LogP contribution in [0, 0.1) is 0 Å². The second kappa shape index (κ2) is 7.69. The van der Waals surface area contributed by atoms with E-state index in [1.165, 1.54) is 0 Å².